The Labute approximate surface area is 114 Å². The molecule has 0 N–H and O–H groups in total. The Morgan fingerprint density at radius 2 is 1.39 bits per heavy atom. The smallest absolute Gasteiger partial charge is 0.00997 e. The van der Waals surface area contributed by atoms with E-state index in [0.717, 1.165) is 0 Å². The standard InChI is InChI=1S/C16H24.C2H6/c1-12(2)16(6,7)14-10-8-9-13(11-14)15(3,4)5;1-2/h8-11H,1H2,2-7H3;1-2H3. The molecule has 0 fully saturated rings. The Bertz CT molecular complexity index is 389. The molecule has 0 amide bonds. The van der Waals surface area contributed by atoms with E-state index in [9.17, 15) is 0 Å². The first-order chi connectivity index (χ1) is 8.15. The van der Waals surface area contributed by atoms with Crippen LogP contribution >= 0.6 is 0 Å². The Morgan fingerprint density at radius 3 is 1.78 bits per heavy atom. The van der Waals surface area contributed by atoms with Crippen molar-refractivity contribution in [3.8, 4) is 0 Å². The Kier molecular flexibility index (Phi) is 5.86. The van der Waals surface area contributed by atoms with Gasteiger partial charge in [-0.15, -0.1) is 0 Å². The van der Waals surface area contributed by atoms with Gasteiger partial charge in [0.05, 0.1) is 0 Å². The number of allylic oxidation sites excluding steroid dienone is 1. The highest BCUT2D eigenvalue weighted by Gasteiger charge is 2.23. The van der Waals surface area contributed by atoms with Gasteiger partial charge in [-0.2, -0.15) is 0 Å². The number of rotatable bonds is 2. The molecule has 102 valence electrons. The van der Waals surface area contributed by atoms with Gasteiger partial charge in [-0.3, -0.25) is 0 Å². The van der Waals surface area contributed by atoms with Crippen LogP contribution in [0.15, 0.2) is 36.4 Å². The van der Waals surface area contributed by atoms with Gasteiger partial charge in [0.25, 0.3) is 0 Å². The maximum atomic E-state index is 4.10. The highest BCUT2D eigenvalue weighted by atomic mass is 14.3. The zero-order chi connectivity index (χ0) is 14.6. The monoisotopic (exact) mass is 246 g/mol. The summed E-state index contributed by atoms with van der Waals surface area (Å²) in [6.45, 7) is 21.4. The third-order valence-electron chi connectivity index (χ3n) is 3.52. The number of hydrogen-bond acceptors (Lipinski definition) is 0. The van der Waals surface area contributed by atoms with Crippen LogP contribution in [0.5, 0.6) is 0 Å². The summed E-state index contributed by atoms with van der Waals surface area (Å²) in [6.07, 6.45) is 0. The van der Waals surface area contributed by atoms with Gasteiger partial charge >= 0.3 is 0 Å². The molecule has 0 saturated carbocycles. The van der Waals surface area contributed by atoms with E-state index in [1.165, 1.54) is 16.7 Å². The Hall–Kier alpha value is -1.04. The molecule has 0 bridgehead atoms. The van der Waals surface area contributed by atoms with Gasteiger partial charge in [0.15, 0.2) is 0 Å². The predicted molar refractivity (Wildman–Crippen MR) is 84.3 cm³/mol. The Balaban J connectivity index is 0.00000137. The van der Waals surface area contributed by atoms with E-state index in [1.807, 2.05) is 13.8 Å². The normalized spacial score (nSPS) is 11.6. The minimum Gasteiger partial charge on any atom is -0.0993 e. The number of benzene rings is 1. The summed E-state index contributed by atoms with van der Waals surface area (Å²) in [6, 6.07) is 8.87. The van der Waals surface area contributed by atoms with Gasteiger partial charge in [0.1, 0.15) is 0 Å². The van der Waals surface area contributed by atoms with Crippen molar-refractivity contribution in [3.05, 3.63) is 47.5 Å². The fourth-order valence-corrected chi connectivity index (χ4v) is 1.62. The lowest BCUT2D eigenvalue weighted by Gasteiger charge is -2.28. The third kappa shape index (κ3) is 4.01. The Morgan fingerprint density at radius 1 is 0.944 bits per heavy atom. The van der Waals surface area contributed by atoms with Crippen LogP contribution in [0.1, 0.15) is 66.5 Å². The molecule has 0 aromatic heterocycles. The van der Waals surface area contributed by atoms with Crippen LogP contribution in [-0.2, 0) is 10.8 Å². The van der Waals surface area contributed by atoms with Crippen molar-refractivity contribution in [2.75, 3.05) is 0 Å². The summed E-state index contributed by atoms with van der Waals surface area (Å²) in [4.78, 5) is 0. The first-order valence-electron chi connectivity index (χ1n) is 6.92. The molecule has 1 aromatic carbocycles. The minimum absolute atomic E-state index is 0.0568. The van der Waals surface area contributed by atoms with Crippen molar-refractivity contribution in [2.45, 2.75) is 66.2 Å². The van der Waals surface area contributed by atoms with Gasteiger partial charge in [-0.25, -0.2) is 0 Å². The minimum atomic E-state index is 0.0568. The molecule has 0 nitrogen and oxygen atoms in total. The molecular formula is C18H30. The number of hydrogen-bond donors (Lipinski definition) is 0. The molecule has 0 unspecified atom stereocenters. The zero-order valence-electron chi connectivity index (χ0n) is 13.5. The van der Waals surface area contributed by atoms with E-state index in [1.54, 1.807) is 0 Å². The second-order valence-corrected chi connectivity index (χ2v) is 6.24. The van der Waals surface area contributed by atoms with E-state index in [4.69, 9.17) is 0 Å². The lowest BCUT2D eigenvalue weighted by Crippen LogP contribution is -2.20. The summed E-state index contributed by atoms with van der Waals surface area (Å²) in [7, 11) is 0. The molecule has 0 saturated heterocycles. The van der Waals surface area contributed by atoms with Gasteiger partial charge < -0.3 is 0 Å². The van der Waals surface area contributed by atoms with Crippen LogP contribution < -0.4 is 0 Å². The van der Waals surface area contributed by atoms with Crippen LogP contribution in [0.4, 0.5) is 0 Å². The fraction of sp³-hybridized carbons (Fsp3) is 0.556. The summed E-state index contributed by atoms with van der Waals surface area (Å²) < 4.78 is 0. The van der Waals surface area contributed by atoms with Crippen molar-refractivity contribution in [3.63, 3.8) is 0 Å². The van der Waals surface area contributed by atoms with E-state index in [-0.39, 0.29) is 10.8 Å². The fourth-order valence-electron chi connectivity index (χ4n) is 1.62. The quantitative estimate of drug-likeness (QED) is 0.573. The highest BCUT2D eigenvalue weighted by Crippen LogP contribution is 2.32. The molecule has 0 aliphatic rings. The first-order valence-corrected chi connectivity index (χ1v) is 6.92. The van der Waals surface area contributed by atoms with Crippen molar-refractivity contribution < 1.29 is 0 Å². The molecule has 0 spiro atoms. The van der Waals surface area contributed by atoms with Crippen LogP contribution in [0.2, 0.25) is 0 Å². The van der Waals surface area contributed by atoms with Gasteiger partial charge in [-0.05, 0) is 23.5 Å². The maximum Gasteiger partial charge on any atom is 0.00997 e. The van der Waals surface area contributed by atoms with Crippen LogP contribution in [-0.4, -0.2) is 0 Å². The van der Waals surface area contributed by atoms with Gasteiger partial charge in [0.2, 0.25) is 0 Å². The molecule has 0 radical (unpaired) electrons. The van der Waals surface area contributed by atoms with Crippen LogP contribution in [0, 0.1) is 0 Å². The average Bonchev–Trinajstić information content (AvgIpc) is 2.30. The highest BCUT2D eigenvalue weighted by molar-refractivity contribution is 5.37. The lowest BCUT2D eigenvalue weighted by atomic mass is 9.76. The maximum absolute atomic E-state index is 4.10. The molecule has 0 atom stereocenters. The van der Waals surface area contributed by atoms with E-state index >= 15 is 0 Å². The van der Waals surface area contributed by atoms with Gasteiger partial charge in [-0.1, -0.05) is 84.9 Å². The van der Waals surface area contributed by atoms with Crippen molar-refractivity contribution >= 4 is 0 Å². The van der Waals surface area contributed by atoms with Crippen molar-refractivity contribution in [2.24, 2.45) is 0 Å². The molecule has 0 heteroatoms. The molecule has 1 rings (SSSR count). The van der Waals surface area contributed by atoms with Gasteiger partial charge in [0, 0.05) is 5.41 Å². The predicted octanol–water partition coefficient (Wildman–Crippen LogP) is 5.86. The summed E-state index contributed by atoms with van der Waals surface area (Å²) in [5.74, 6) is 0. The van der Waals surface area contributed by atoms with Crippen molar-refractivity contribution in [1.29, 1.82) is 0 Å². The zero-order valence-corrected chi connectivity index (χ0v) is 13.5. The largest absolute Gasteiger partial charge is 0.0993 e. The summed E-state index contributed by atoms with van der Waals surface area (Å²) >= 11 is 0. The average molecular weight is 246 g/mol. The summed E-state index contributed by atoms with van der Waals surface area (Å²) in [5, 5.41) is 0. The first kappa shape index (κ1) is 17.0. The molecule has 0 heterocycles. The molecule has 18 heavy (non-hydrogen) atoms. The lowest BCUT2D eigenvalue weighted by molar-refractivity contribution is 0.580. The van der Waals surface area contributed by atoms with E-state index in [0.29, 0.717) is 0 Å². The van der Waals surface area contributed by atoms with Crippen LogP contribution in [0.3, 0.4) is 0 Å². The molecule has 0 aliphatic heterocycles. The molecular weight excluding hydrogens is 216 g/mol. The second kappa shape index (κ2) is 6.22. The van der Waals surface area contributed by atoms with Crippen LogP contribution in [0.25, 0.3) is 0 Å². The van der Waals surface area contributed by atoms with Crippen molar-refractivity contribution in [1.82, 2.24) is 0 Å². The van der Waals surface area contributed by atoms with E-state index in [2.05, 4.69) is 72.4 Å². The second-order valence-electron chi connectivity index (χ2n) is 6.24. The third-order valence-corrected chi connectivity index (χ3v) is 3.52. The van der Waals surface area contributed by atoms with E-state index < -0.39 is 0 Å². The molecule has 0 aliphatic carbocycles. The summed E-state index contributed by atoms with van der Waals surface area (Å²) in [5.41, 5.74) is 4.22. The topological polar surface area (TPSA) is 0 Å². The SMILES string of the molecule is C=C(C)C(C)(C)c1cccc(C(C)(C)C)c1.CC. The molecule has 1 aromatic rings.